The maximum absolute atomic E-state index is 11.2. The van der Waals surface area contributed by atoms with Gasteiger partial charge in [0.05, 0.1) is 11.4 Å². The number of aromatic carboxylic acids is 1. The summed E-state index contributed by atoms with van der Waals surface area (Å²) in [5, 5.41) is 17.1. The number of piperazine rings is 1. The Hall–Kier alpha value is -3.63. The van der Waals surface area contributed by atoms with Gasteiger partial charge in [-0.3, -0.25) is 4.90 Å². The number of nitrogens with zero attached hydrogens (tertiary/aromatic N) is 3. The number of rotatable bonds is 4. The van der Waals surface area contributed by atoms with Gasteiger partial charge in [0.2, 0.25) is 0 Å². The van der Waals surface area contributed by atoms with E-state index < -0.39 is 18.1 Å². The first-order valence-corrected chi connectivity index (χ1v) is 12.3. The normalized spacial score (nSPS) is 17.1. The number of carboxylic acid groups (broad SMARTS) is 2. The molecule has 38 heavy (non-hydrogen) atoms. The number of pyridine rings is 1. The summed E-state index contributed by atoms with van der Waals surface area (Å²) < 4.78 is 31.7. The van der Waals surface area contributed by atoms with E-state index in [1.54, 1.807) is 6.07 Å². The maximum Gasteiger partial charge on any atom is 0.490 e. The number of anilines is 1. The average molecular weight is 548 g/mol. The Kier molecular flexibility index (Phi) is 8.23. The topological polar surface area (TPSA) is 94.0 Å². The molecule has 0 saturated carbocycles. The largest absolute Gasteiger partial charge is 0.490 e. The molecule has 200 valence electrons. The Labute approximate surface area is 222 Å². The summed E-state index contributed by atoms with van der Waals surface area (Å²) in [7, 11) is 0. The molecule has 11 heteroatoms. The number of carbonyl (C=O) groups is 2. The zero-order chi connectivity index (χ0) is 27.4. The second-order valence-corrected chi connectivity index (χ2v) is 9.49. The highest BCUT2D eigenvalue weighted by atomic mass is 35.5. The van der Waals surface area contributed by atoms with Crippen molar-refractivity contribution in [3.05, 3.63) is 82.6 Å². The number of aryl methyl sites for hydroxylation is 1. The molecular formula is C27H25ClF3N3O4. The lowest BCUT2D eigenvalue weighted by Crippen LogP contribution is -2.54. The molecule has 3 aromatic rings. The van der Waals surface area contributed by atoms with Crippen LogP contribution in [0.2, 0.25) is 5.02 Å². The van der Waals surface area contributed by atoms with Crippen LogP contribution in [0, 0.1) is 0 Å². The van der Waals surface area contributed by atoms with E-state index in [9.17, 15) is 23.1 Å². The third-order valence-electron chi connectivity index (χ3n) is 6.57. The predicted molar refractivity (Wildman–Crippen MR) is 137 cm³/mol. The highest BCUT2D eigenvalue weighted by molar-refractivity contribution is 6.30. The van der Waals surface area contributed by atoms with E-state index in [0.29, 0.717) is 6.04 Å². The molecule has 1 aromatic heterocycles. The number of halogens is 4. The number of benzene rings is 2. The third kappa shape index (κ3) is 6.43. The van der Waals surface area contributed by atoms with Crippen molar-refractivity contribution in [3.8, 4) is 11.1 Å². The summed E-state index contributed by atoms with van der Waals surface area (Å²) >= 11 is 6.07. The van der Waals surface area contributed by atoms with E-state index in [-0.39, 0.29) is 5.69 Å². The molecule has 0 amide bonds. The molecule has 0 bridgehead atoms. The summed E-state index contributed by atoms with van der Waals surface area (Å²) in [4.78, 5) is 29.5. The third-order valence-corrected chi connectivity index (χ3v) is 6.82. The molecule has 7 nitrogen and oxygen atoms in total. The Morgan fingerprint density at radius 3 is 2.34 bits per heavy atom. The summed E-state index contributed by atoms with van der Waals surface area (Å²) in [6.45, 7) is 3.79. The van der Waals surface area contributed by atoms with Crippen LogP contribution < -0.4 is 4.90 Å². The molecule has 2 N–H and O–H groups in total. The Bertz CT molecular complexity index is 1320. The van der Waals surface area contributed by atoms with Crippen molar-refractivity contribution >= 4 is 29.2 Å². The average Bonchev–Trinajstić information content (AvgIpc) is 2.89. The first-order valence-electron chi connectivity index (χ1n) is 11.9. The minimum Gasteiger partial charge on any atom is -0.477 e. The van der Waals surface area contributed by atoms with Crippen molar-refractivity contribution in [1.82, 2.24) is 9.88 Å². The molecule has 0 aliphatic carbocycles. The monoisotopic (exact) mass is 547 g/mol. The van der Waals surface area contributed by atoms with Crippen molar-refractivity contribution in [2.45, 2.75) is 31.6 Å². The van der Waals surface area contributed by atoms with Gasteiger partial charge in [-0.1, -0.05) is 48.0 Å². The fourth-order valence-electron chi connectivity index (χ4n) is 4.80. The maximum atomic E-state index is 11.2. The zero-order valence-corrected chi connectivity index (χ0v) is 20.9. The van der Waals surface area contributed by atoms with Crippen molar-refractivity contribution in [2.75, 3.05) is 24.5 Å². The lowest BCUT2D eigenvalue weighted by Gasteiger charge is -2.46. The Balaban J connectivity index is 0.000000426. The molecule has 2 aliphatic heterocycles. The van der Waals surface area contributed by atoms with Crippen LogP contribution in [0.4, 0.5) is 18.9 Å². The van der Waals surface area contributed by atoms with Gasteiger partial charge in [-0.2, -0.15) is 13.2 Å². The van der Waals surface area contributed by atoms with E-state index in [2.05, 4.69) is 51.2 Å². The highest BCUT2D eigenvalue weighted by Crippen LogP contribution is 2.33. The van der Waals surface area contributed by atoms with Gasteiger partial charge in [0.15, 0.2) is 0 Å². The fraction of sp³-hybridized carbons (Fsp3) is 0.296. The smallest absolute Gasteiger partial charge is 0.477 e. The molecular weight excluding hydrogens is 523 g/mol. The van der Waals surface area contributed by atoms with Crippen molar-refractivity contribution in [2.24, 2.45) is 0 Å². The zero-order valence-electron chi connectivity index (χ0n) is 20.2. The molecule has 1 saturated heterocycles. The van der Waals surface area contributed by atoms with Gasteiger partial charge in [-0.25, -0.2) is 14.6 Å². The first-order chi connectivity index (χ1) is 18.0. The SMILES string of the molecule is O=C(O)C(F)(F)F.O=C(O)c1ccc2c(n1)CCC1CN(Cc3ccccc3-c3ccc(Cl)cc3)CCN21. The van der Waals surface area contributed by atoms with Gasteiger partial charge in [-0.15, -0.1) is 0 Å². The molecule has 5 rings (SSSR count). The van der Waals surface area contributed by atoms with Crippen LogP contribution in [0.1, 0.15) is 28.2 Å². The van der Waals surface area contributed by atoms with Crippen LogP contribution >= 0.6 is 11.6 Å². The van der Waals surface area contributed by atoms with E-state index in [1.165, 1.54) is 16.7 Å². The van der Waals surface area contributed by atoms with E-state index in [0.717, 1.165) is 55.4 Å². The van der Waals surface area contributed by atoms with Crippen LogP contribution in [0.3, 0.4) is 0 Å². The van der Waals surface area contributed by atoms with Gasteiger partial charge >= 0.3 is 18.1 Å². The van der Waals surface area contributed by atoms with Crippen molar-refractivity contribution < 1.29 is 33.0 Å². The lowest BCUT2D eigenvalue weighted by molar-refractivity contribution is -0.192. The van der Waals surface area contributed by atoms with Crippen LogP contribution in [-0.2, 0) is 17.8 Å². The van der Waals surface area contributed by atoms with E-state index in [1.807, 2.05) is 18.2 Å². The number of fused-ring (bicyclic) bond motifs is 3. The predicted octanol–water partition coefficient (Wildman–Crippen LogP) is 5.37. The van der Waals surface area contributed by atoms with Gasteiger partial charge in [0.25, 0.3) is 0 Å². The fourth-order valence-corrected chi connectivity index (χ4v) is 4.93. The molecule has 2 aliphatic rings. The Morgan fingerprint density at radius 2 is 1.68 bits per heavy atom. The molecule has 3 heterocycles. The van der Waals surface area contributed by atoms with Gasteiger partial charge < -0.3 is 15.1 Å². The van der Waals surface area contributed by atoms with Gasteiger partial charge in [0, 0.05) is 37.2 Å². The van der Waals surface area contributed by atoms with Crippen molar-refractivity contribution in [3.63, 3.8) is 0 Å². The van der Waals surface area contributed by atoms with Crippen molar-refractivity contribution in [1.29, 1.82) is 0 Å². The van der Waals surface area contributed by atoms with E-state index in [4.69, 9.17) is 21.5 Å². The summed E-state index contributed by atoms with van der Waals surface area (Å²) in [5.74, 6) is -3.72. The quantitative estimate of drug-likeness (QED) is 0.453. The summed E-state index contributed by atoms with van der Waals surface area (Å²) in [5.41, 5.74) is 5.91. The van der Waals surface area contributed by atoms with Crippen LogP contribution in [0.25, 0.3) is 11.1 Å². The number of alkyl halides is 3. The second-order valence-electron chi connectivity index (χ2n) is 9.06. The molecule has 2 aromatic carbocycles. The molecule has 1 fully saturated rings. The van der Waals surface area contributed by atoms with Gasteiger partial charge in [-0.05, 0) is 53.8 Å². The van der Waals surface area contributed by atoms with Gasteiger partial charge in [0.1, 0.15) is 5.69 Å². The molecule has 1 unspecified atom stereocenters. The molecule has 0 spiro atoms. The minimum atomic E-state index is -5.08. The number of hydrogen-bond donors (Lipinski definition) is 2. The number of hydrogen-bond acceptors (Lipinski definition) is 5. The highest BCUT2D eigenvalue weighted by Gasteiger charge is 2.38. The standard InChI is InChI=1S/C25H24ClN3O2.C2HF3O2/c26-19-7-5-17(6-8-19)21-4-2-1-3-18(21)15-28-13-14-29-20(16-28)9-10-22-24(29)12-11-23(27-22)25(30)31;3-2(4,5)1(6)7/h1-8,11-12,20H,9-10,13-16H2,(H,30,31);(H,6,7). The second kappa shape index (κ2) is 11.4. The minimum absolute atomic E-state index is 0.134. The number of carboxylic acids is 2. The summed E-state index contributed by atoms with van der Waals surface area (Å²) in [6, 6.07) is 20.6. The number of aromatic nitrogens is 1. The molecule has 0 radical (unpaired) electrons. The number of aliphatic carboxylic acids is 1. The lowest BCUT2D eigenvalue weighted by atomic mass is 9.95. The van der Waals surface area contributed by atoms with Crippen LogP contribution in [0.5, 0.6) is 0 Å². The van der Waals surface area contributed by atoms with Crippen LogP contribution in [0.15, 0.2) is 60.7 Å². The first kappa shape index (κ1) is 27.4. The molecule has 1 atom stereocenters. The van der Waals surface area contributed by atoms with E-state index >= 15 is 0 Å². The Morgan fingerprint density at radius 1 is 1.00 bits per heavy atom. The summed E-state index contributed by atoms with van der Waals surface area (Å²) in [6.07, 6.45) is -3.26. The van der Waals surface area contributed by atoms with Crippen LogP contribution in [-0.4, -0.2) is 63.9 Å².